The van der Waals surface area contributed by atoms with Crippen LogP contribution in [-0.4, -0.2) is 57.8 Å². The molecule has 1 aliphatic rings. The van der Waals surface area contributed by atoms with Crippen molar-refractivity contribution in [2.75, 3.05) is 38.7 Å². The van der Waals surface area contributed by atoms with E-state index in [9.17, 15) is 8.42 Å². The van der Waals surface area contributed by atoms with E-state index in [1.54, 1.807) is 7.05 Å². The maximum atomic E-state index is 10.9. The van der Waals surface area contributed by atoms with Crippen molar-refractivity contribution in [2.45, 2.75) is 30.9 Å². The number of guanidine groups is 1. The molecule has 1 saturated heterocycles. The second kappa shape index (κ2) is 10.1. The molecule has 0 aromatic carbocycles. The molecule has 3 N–H and O–H groups in total. The molecule has 1 unspecified atom stereocenters. The highest BCUT2D eigenvalue weighted by molar-refractivity contribution is 14.0. The van der Waals surface area contributed by atoms with Crippen LogP contribution >= 0.6 is 35.7 Å². The summed E-state index contributed by atoms with van der Waals surface area (Å²) in [6.07, 6.45) is 4.41. The molecule has 0 saturated carbocycles. The first-order valence-corrected chi connectivity index (χ1v) is 9.75. The van der Waals surface area contributed by atoms with Crippen LogP contribution in [0.2, 0.25) is 0 Å². The summed E-state index contributed by atoms with van der Waals surface area (Å²) in [6, 6.07) is 0. The van der Waals surface area contributed by atoms with Gasteiger partial charge in [0.05, 0.1) is 6.26 Å². The number of thioether (sulfide) groups is 1. The lowest BCUT2D eigenvalue weighted by Gasteiger charge is -2.24. The second-order valence-corrected chi connectivity index (χ2v) is 8.79. The van der Waals surface area contributed by atoms with Gasteiger partial charge in [-0.1, -0.05) is 0 Å². The SMILES string of the molecule is CN=C(NCCCNS(C)(=O)=O)NCC1(C)CCCS1.I. The summed E-state index contributed by atoms with van der Waals surface area (Å²) in [6.45, 7) is 4.31. The molecule has 0 radical (unpaired) electrons. The van der Waals surface area contributed by atoms with Crippen molar-refractivity contribution in [1.82, 2.24) is 15.4 Å². The van der Waals surface area contributed by atoms with Crippen LogP contribution < -0.4 is 15.4 Å². The van der Waals surface area contributed by atoms with Crippen LogP contribution in [-0.2, 0) is 10.0 Å². The van der Waals surface area contributed by atoms with Crippen molar-refractivity contribution in [3.63, 3.8) is 0 Å². The number of hydrogen-bond donors (Lipinski definition) is 3. The molecule has 0 aromatic heterocycles. The van der Waals surface area contributed by atoms with Gasteiger partial charge in [-0.25, -0.2) is 13.1 Å². The van der Waals surface area contributed by atoms with Gasteiger partial charge in [-0.2, -0.15) is 11.8 Å². The summed E-state index contributed by atoms with van der Waals surface area (Å²) < 4.78 is 24.6. The molecule has 1 atom stereocenters. The highest BCUT2D eigenvalue weighted by Gasteiger charge is 2.29. The Labute approximate surface area is 149 Å². The first-order chi connectivity index (χ1) is 9.35. The zero-order chi connectivity index (χ0) is 15.1. The first kappa shape index (κ1) is 21.3. The summed E-state index contributed by atoms with van der Waals surface area (Å²) in [5.74, 6) is 2.01. The Kier molecular flexibility index (Phi) is 10.2. The minimum atomic E-state index is -3.09. The highest BCUT2D eigenvalue weighted by Crippen LogP contribution is 2.36. The Hall–Kier alpha value is 0.260. The predicted octanol–water partition coefficient (Wildman–Crippen LogP) is 0.994. The van der Waals surface area contributed by atoms with Crippen molar-refractivity contribution in [3.05, 3.63) is 0 Å². The van der Waals surface area contributed by atoms with Gasteiger partial charge in [0.25, 0.3) is 0 Å². The van der Waals surface area contributed by atoms with E-state index in [1.807, 2.05) is 11.8 Å². The third-order valence-electron chi connectivity index (χ3n) is 3.16. The van der Waals surface area contributed by atoms with Crippen molar-refractivity contribution < 1.29 is 8.42 Å². The minimum Gasteiger partial charge on any atom is -0.356 e. The number of nitrogens with one attached hydrogen (secondary N) is 3. The van der Waals surface area contributed by atoms with Crippen molar-refractivity contribution in [1.29, 1.82) is 0 Å². The smallest absolute Gasteiger partial charge is 0.208 e. The number of nitrogens with zero attached hydrogens (tertiary/aromatic N) is 1. The molecule has 1 heterocycles. The molecule has 21 heavy (non-hydrogen) atoms. The lowest BCUT2D eigenvalue weighted by Crippen LogP contribution is -2.44. The number of rotatable bonds is 7. The van der Waals surface area contributed by atoms with Crippen LogP contribution in [0.15, 0.2) is 4.99 Å². The molecular formula is C12H27IN4O2S2. The van der Waals surface area contributed by atoms with Gasteiger partial charge in [0, 0.05) is 31.4 Å². The molecule has 0 aliphatic carbocycles. The summed E-state index contributed by atoms with van der Waals surface area (Å²) >= 11 is 2.01. The lowest BCUT2D eigenvalue weighted by molar-refractivity contribution is 0.579. The van der Waals surface area contributed by atoms with Crippen LogP contribution in [0.5, 0.6) is 0 Å². The zero-order valence-corrected chi connectivity index (χ0v) is 16.9. The van der Waals surface area contributed by atoms with Crippen LogP contribution in [0.3, 0.4) is 0 Å². The molecule has 126 valence electrons. The summed E-state index contributed by atoms with van der Waals surface area (Å²) in [5, 5.41) is 6.53. The standard InChI is InChI=1S/C12H26N4O2S2.HI/c1-12(6-4-9-19-12)10-15-11(13-2)14-7-5-8-16-20(3,17)18;/h16H,4-10H2,1-3H3,(H2,13,14,15);1H. The monoisotopic (exact) mass is 450 g/mol. The normalized spacial score (nSPS) is 22.7. The Morgan fingerprint density at radius 2 is 2.05 bits per heavy atom. The van der Waals surface area contributed by atoms with E-state index in [-0.39, 0.29) is 24.0 Å². The molecule has 9 heteroatoms. The second-order valence-electron chi connectivity index (χ2n) is 5.27. The number of hydrogen-bond acceptors (Lipinski definition) is 4. The molecule has 1 rings (SSSR count). The third-order valence-corrected chi connectivity index (χ3v) is 5.43. The maximum Gasteiger partial charge on any atom is 0.208 e. The molecule has 1 fully saturated rings. The van der Waals surface area contributed by atoms with E-state index in [0.717, 1.165) is 18.9 Å². The molecule has 1 aliphatic heterocycles. The number of sulfonamides is 1. The molecule has 0 bridgehead atoms. The van der Waals surface area contributed by atoms with Gasteiger partial charge < -0.3 is 10.6 Å². The largest absolute Gasteiger partial charge is 0.356 e. The fourth-order valence-electron chi connectivity index (χ4n) is 2.02. The lowest BCUT2D eigenvalue weighted by atomic mass is 10.1. The molecular weight excluding hydrogens is 423 g/mol. The van der Waals surface area contributed by atoms with Crippen LogP contribution in [0.1, 0.15) is 26.2 Å². The fraction of sp³-hybridized carbons (Fsp3) is 0.917. The van der Waals surface area contributed by atoms with Gasteiger partial charge >= 0.3 is 0 Å². The predicted molar refractivity (Wildman–Crippen MR) is 102 cm³/mol. The fourth-order valence-corrected chi connectivity index (χ4v) is 3.78. The average Bonchev–Trinajstić information content (AvgIpc) is 2.79. The van der Waals surface area contributed by atoms with E-state index in [2.05, 4.69) is 27.3 Å². The minimum absolute atomic E-state index is 0. The van der Waals surface area contributed by atoms with Gasteiger partial charge in [0.15, 0.2) is 5.96 Å². The van der Waals surface area contributed by atoms with Crippen molar-refractivity contribution in [2.24, 2.45) is 4.99 Å². The van der Waals surface area contributed by atoms with Gasteiger partial charge in [-0.3, -0.25) is 4.99 Å². The van der Waals surface area contributed by atoms with Crippen molar-refractivity contribution in [3.8, 4) is 0 Å². The van der Waals surface area contributed by atoms with Gasteiger partial charge in [-0.15, -0.1) is 24.0 Å². The third kappa shape index (κ3) is 9.80. The molecule has 0 amide bonds. The summed E-state index contributed by atoms with van der Waals surface area (Å²) in [7, 11) is -1.34. The topological polar surface area (TPSA) is 82.6 Å². The Morgan fingerprint density at radius 1 is 1.33 bits per heavy atom. The Morgan fingerprint density at radius 3 is 2.57 bits per heavy atom. The molecule has 0 spiro atoms. The van der Waals surface area contributed by atoms with E-state index < -0.39 is 10.0 Å². The van der Waals surface area contributed by atoms with Gasteiger partial charge in [0.1, 0.15) is 0 Å². The zero-order valence-electron chi connectivity index (χ0n) is 12.9. The molecule has 6 nitrogen and oxygen atoms in total. The number of aliphatic imine (C=N–C) groups is 1. The van der Waals surface area contributed by atoms with Crippen LogP contribution in [0.4, 0.5) is 0 Å². The Balaban J connectivity index is 0.00000400. The first-order valence-electron chi connectivity index (χ1n) is 6.88. The summed E-state index contributed by atoms with van der Waals surface area (Å²) in [5.41, 5.74) is 0. The van der Waals surface area contributed by atoms with E-state index >= 15 is 0 Å². The van der Waals surface area contributed by atoms with E-state index in [4.69, 9.17) is 0 Å². The van der Waals surface area contributed by atoms with Crippen LogP contribution in [0.25, 0.3) is 0 Å². The van der Waals surface area contributed by atoms with E-state index in [1.165, 1.54) is 24.9 Å². The van der Waals surface area contributed by atoms with E-state index in [0.29, 0.717) is 17.8 Å². The maximum absolute atomic E-state index is 10.9. The highest BCUT2D eigenvalue weighted by atomic mass is 127. The average molecular weight is 450 g/mol. The van der Waals surface area contributed by atoms with Crippen molar-refractivity contribution >= 4 is 51.7 Å². The molecule has 0 aromatic rings. The number of halogens is 1. The van der Waals surface area contributed by atoms with Gasteiger partial charge in [0.2, 0.25) is 10.0 Å². The Bertz CT molecular complexity index is 423. The summed E-state index contributed by atoms with van der Waals surface area (Å²) in [4.78, 5) is 4.17. The van der Waals surface area contributed by atoms with Gasteiger partial charge in [-0.05, 0) is 31.9 Å². The van der Waals surface area contributed by atoms with Crippen LogP contribution in [0, 0.1) is 0 Å². The quantitative estimate of drug-likeness (QED) is 0.233.